The largest absolute Gasteiger partial charge is 0.463 e. The molecule has 0 aliphatic carbocycles. The first-order chi connectivity index (χ1) is 47.7. The molecule has 8 aromatic rings. The summed E-state index contributed by atoms with van der Waals surface area (Å²) in [5.41, 5.74) is 32.8. The van der Waals surface area contributed by atoms with Gasteiger partial charge in [0.1, 0.15) is 46.5 Å². The Balaban J connectivity index is 0.000000144. The molecule has 0 spiro atoms. The van der Waals surface area contributed by atoms with Crippen molar-refractivity contribution in [2.45, 2.75) is 96.2 Å². The highest BCUT2D eigenvalue weighted by atomic mass is 32.2. The number of hydrogen-bond acceptors (Lipinski definition) is 24. The Bertz CT molecular complexity index is 4400. The first-order valence-electron chi connectivity index (χ1n) is 32.4. The molecule has 0 radical (unpaired) electrons. The number of carbonyl (C=O) groups is 5. The first kappa shape index (κ1) is 70.8. The fourth-order valence-electron chi connectivity index (χ4n) is 11.6. The standard InChI is InChI=1S/C23H31N5O2.C17H19N5O3.C15H15N5O2.C15H16N4O2S/c1-2-3-11-30-23-25-21(24)20-13-19(29)16-28(22(20)26-23)15-18-8-6-7-17(12-18)14-27-9-4-5-10-27;1-25-8-7-19-17(24)15-20-14(18)12-9-13(23)22(16(12)21-15)10-11-5-3-2-4-6-11;1-17-15(22)13-18-12(16)10-7-11(21)20(14(10)19-13)8-9-5-3-2-4-6-9;1-10-8-12-13(16)17-15(22(2,20)21)18-14(12)19(10)9-11-6-4-3-5-7-11/h6-8,12H,2-5,9-11,13-16H2,1H3,(H2,24,25,26);2-6H,7-10H2,1H3,(H,19,24)(H2,18,20,21);2-6H,7-8H2,1H3,(H,17,22)(H2,16,18,19);3-7H,1,8-9H2,2H3,(H2,16,17,18). The van der Waals surface area contributed by atoms with E-state index in [4.69, 9.17) is 32.4 Å². The molecule has 13 rings (SSSR count). The molecule has 5 aliphatic rings. The summed E-state index contributed by atoms with van der Waals surface area (Å²) in [4.78, 5) is 104. The van der Waals surface area contributed by atoms with E-state index in [0.717, 1.165) is 65.0 Å². The highest BCUT2D eigenvalue weighted by molar-refractivity contribution is 7.90. The van der Waals surface area contributed by atoms with Crippen LogP contribution in [-0.4, -0.2) is 142 Å². The van der Waals surface area contributed by atoms with E-state index in [9.17, 15) is 32.4 Å². The average molecular weight is 1360 g/mol. The molecule has 99 heavy (non-hydrogen) atoms. The van der Waals surface area contributed by atoms with Crippen molar-refractivity contribution in [3.63, 3.8) is 0 Å². The molecule has 1 saturated heterocycles. The summed E-state index contributed by atoms with van der Waals surface area (Å²) in [7, 11) is -0.486. The van der Waals surface area contributed by atoms with Crippen LogP contribution in [0.25, 0.3) is 0 Å². The van der Waals surface area contributed by atoms with Crippen LogP contribution in [-0.2, 0) is 87.4 Å². The van der Waals surface area contributed by atoms with Gasteiger partial charge in [0.15, 0.2) is 5.78 Å². The number of ether oxygens (including phenoxy) is 2. The number of ketones is 1. The Morgan fingerprint density at radius 1 is 0.556 bits per heavy atom. The van der Waals surface area contributed by atoms with Crippen LogP contribution in [0.4, 0.5) is 46.5 Å². The topological polar surface area (TPSA) is 385 Å². The van der Waals surface area contributed by atoms with Gasteiger partial charge in [-0.05, 0) is 60.2 Å². The average Bonchev–Trinajstić information content (AvgIpc) is 1.64. The number of likely N-dealkylation sites (tertiary alicyclic amines) is 1. The number of nitrogens with zero attached hydrogens (tertiary/aromatic N) is 13. The molecule has 28 nitrogen and oxygen atoms in total. The normalized spacial score (nSPS) is 14.4. The van der Waals surface area contributed by atoms with Crippen LogP contribution >= 0.6 is 0 Å². The molecule has 0 unspecified atom stereocenters. The molecule has 1 fully saturated rings. The van der Waals surface area contributed by atoms with Crippen molar-refractivity contribution < 1.29 is 41.9 Å². The number of methoxy groups -OCH3 is 1. The quantitative estimate of drug-likeness (QED) is 0.0403. The summed E-state index contributed by atoms with van der Waals surface area (Å²) in [5, 5.41) is 4.85. The third kappa shape index (κ3) is 17.8. The van der Waals surface area contributed by atoms with Gasteiger partial charge < -0.3 is 52.8 Å². The fraction of sp³-hybridized carbons (Fsp3) is 0.329. The van der Waals surface area contributed by atoms with E-state index in [1.165, 1.54) is 48.3 Å². The van der Waals surface area contributed by atoms with E-state index in [1.807, 2.05) is 101 Å². The second-order valence-corrected chi connectivity index (χ2v) is 26.0. The molecular formula is C70H81N19O9S. The molecule has 4 aromatic heterocycles. The minimum Gasteiger partial charge on any atom is -0.463 e. The number of aromatic nitrogens is 8. The Morgan fingerprint density at radius 2 is 1.04 bits per heavy atom. The van der Waals surface area contributed by atoms with E-state index in [2.05, 4.69) is 93.2 Å². The van der Waals surface area contributed by atoms with E-state index in [-0.39, 0.29) is 71.1 Å². The number of benzene rings is 4. The van der Waals surface area contributed by atoms with Crippen molar-refractivity contribution >= 4 is 85.8 Å². The molecule has 0 atom stereocenters. The molecule has 0 bridgehead atoms. The lowest BCUT2D eigenvalue weighted by Gasteiger charge is -2.30. The Kier molecular flexibility index (Phi) is 23.1. The number of nitrogen functional groups attached to an aromatic ring is 4. The summed E-state index contributed by atoms with van der Waals surface area (Å²) < 4.78 is 34.0. The van der Waals surface area contributed by atoms with Crippen LogP contribution in [0.3, 0.4) is 0 Å². The van der Waals surface area contributed by atoms with Crippen LogP contribution in [0.1, 0.15) is 104 Å². The van der Waals surface area contributed by atoms with E-state index in [0.29, 0.717) is 105 Å². The Labute approximate surface area is 574 Å². The van der Waals surface area contributed by atoms with Crippen molar-refractivity contribution in [1.82, 2.24) is 55.4 Å². The number of sulfone groups is 1. The first-order valence-corrected chi connectivity index (χ1v) is 34.3. The maximum Gasteiger partial charge on any atom is 0.320 e. The zero-order chi connectivity index (χ0) is 70.3. The van der Waals surface area contributed by atoms with Gasteiger partial charge in [-0.1, -0.05) is 135 Å². The summed E-state index contributed by atoms with van der Waals surface area (Å²) in [5.74, 6) is 1.87. The van der Waals surface area contributed by atoms with Crippen LogP contribution in [0.5, 0.6) is 6.01 Å². The summed E-state index contributed by atoms with van der Waals surface area (Å²) in [6.45, 7) is 13.0. The molecule has 516 valence electrons. The van der Waals surface area contributed by atoms with E-state index in [1.54, 1.807) is 7.11 Å². The lowest BCUT2D eigenvalue weighted by molar-refractivity contribution is -0.118. The number of nitrogens with one attached hydrogen (secondary N) is 2. The van der Waals surface area contributed by atoms with Gasteiger partial charge in [0.2, 0.25) is 33.3 Å². The van der Waals surface area contributed by atoms with E-state index >= 15 is 0 Å². The van der Waals surface area contributed by atoms with Crippen LogP contribution in [0, 0.1) is 0 Å². The number of Topliss-reactive ketones (excluding diaryl/α,β-unsaturated/α-hetero) is 1. The molecule has 0 saturated carbocycles. The zero-order valence-electron chi connectivity index (χ0n) is 55.8. The second-order valence-electron chi connectivity index (χ2n) is 24.1. The Morgan fingerprint density at radius 3 is 1.58 bits per heavy atom. The Hall–Kier alpha value is -11.0. The SMILES string of the molecule is C=C1Cc2c(N)nc(S(C)(=O)=O)nc2N1Cc1ccccc1.CCCCOc1nc(N)c2c(n1)N(Cc1cccc(CN3CCCC3)c1)CC(=O)C2.CNC(=O)c1nc(N)c2c(n1)N(Cc1ccccc1)C(=O)C2.COCCNC(=O)c1nc(N)c2c(n1)N(Cc1ccccc1)C(=O)C2. The van der Waals surface area contributed by atoms with Gasteiger partial charge >= 0.3 is 6.01 Å². The molecule has 4 aromatic carbocycles. The number of carbonyl (C=O) groups excluding carboxylic acids is 5. The van der Waals surface area contributed by atoms with Gasteiger partial charge in [0, 0.05) is 87.4 Å². The lowest BCUT2D eigenvalue weighted by atomic mass is 10.0. The highest BCUT2D eigenvalue weighted by Crippen LogP contribution is 2.38. The van der Waals surface area contributed by atoms with Gasteiger partial charge in [-0.15, -0.1) is 0 Å². The third-order valence-corrected chi connectivity index (χ3v) is 17.5. The van der Waals surface area contributed by atoms with Crippen molar-refractivity contribution in [3.05, 3.63) is 189 Å². The smallest absolute Gasteiger partial charge is 0.320 e. The minimum absolute atomic E-state index is 0.0356. The summed E-state index contributed by atoms with van der Waals surface area (Å²) in [6.07, 6.45) is 6.72. The summed E-state index contributed by atoms with van der Waals surface area (Å²) in [6, 6.07) is 37.9. The number of amides is 4. The predicted molar refractivity (Wildman–Crippen MR) is 376 cm³/mol. The van der Waals surface area contributed by atoms with Gasteiger partial charge in [-0.2, -0.15) is 9.97 Å². The van der Waals surface area contributed by atoms with E-state index < -0.39 is 21.7 Å². The van der Waals surface area contributed by atoms with Crippen molar-refractivity contribution in [2.75, 3.05) is 102 Å². The number of unbranched alkanes of at least 4 members (excludes halogenated alkanes) is 1. The molecule has 4 amide bonds. The highest BCUT2D eigenvalue weighted by Gasteiger charge is 2.36. The number of fused-ring (bicyclic) bond motifs is 4. The lowest BCUT2D eigenvalue weighted by Crippen LogP contribution is -2.36. The zero-order valence-corrected chi connectivity index (χ0v) is 56.6. The second kappa shape index (κ2) is 32.3. The van der Waals surface area contributed by atoms with Gasteiger partial charge in [0.25, 0.3) is 17.0 Å². The number of allylic oxidation sites excluding steroid dienone is 1. The summed E-state index contributed by atoms with van der Waals surface area (Å²) >= 11 is 0. The molecule has 29 heteroatoms. The molecule has 10 N–H and O–H groups in total. The van der Waals surface area contributed by atoms with Crippen molar-refractivity contribution in [1.29, 1.82) is 0 Å². The number of hydrogen-bond donors (Lipinski definition) is 6. The van der Waals surface area contributed by atoms with Gasteiger partial charge in [-0.25, -0.2) is 38.3 Å². The van der Waals surface area contributed by atoms with Crippen LogP contribution < -0.4 is 57.9 Å². The van der Waals surface area contributed by atoms with Crippen LogP contribution in [0.15, 0.2) is 133 Å². The van der Waals surface area contributed by atoms with Crippen molar-refractivity contribution in [3.8, 4) is 6.01 Å². The maximum absolute atomic E-state index is 12.4. The number of nitrogens with two attached hydrogens (primary N) is 4. The van der Waals surface area contributed by atoms with Crippen molar-refractivity contribution in [2.24, 2.45) is 0 Å². The maximum atomic E-state index is 12.4. The monoisotopic (exact) mass is 1360 g/mol. The third-order valence-electron chi connectivity index (χ3n) is 16.7. The van der Waals surface area contributed by atoms with Gasteiger partial charge in [-0.3, -0.25) is 38.7 Å². The number of anilines is 8. The predicted octanol–water partition coefficient (Wildman–Crippen LogP) is 5.54. The molecular weight excluding hydrogens is 1280 g/mol. The fourth-order valence-corrected chi connectivity index (χ4v) is 12.1. The molecule has 9 heterocycles. The molecule has 5 aliphatic heterocycles. The van der Waals surface area contributed by atoms with Gasteiger partial charge in [0.05, 0.1) is 45.7 Å². The van der Waals surface area contributed by atoms with Crippen LogP contribution in [0.2, 0.25) is 0 Å². The number of rotatable bonds is 20. The minimum atomic E-state index is -3.52.